The van der Waals surface area contributed by atoms with E-state index in [1.807, 2.05) is 0 Å². The second-order valence-corrected chi connectivity index (χ2v) is 5.12. The van der Waals surface area contributed by atoms with Crippen LogP contribution in [-0.2, 0) is 4.74 Å². The molecule has 0 aliphatic carbocycles. The summed E-state index contributed by atoms with van der Waals surface area (Å²) in [5.74, 6) is 0. The van der Waals surface area contributed by atoms with Crippen LogP contribution in [0.3, 0.4) is 0 Å². The summed E-state index contributed by atoms with van der Waals surface area (Å²) in [4.78, 5) is 2.21. The Morgan fingerprint density at radius 2 is 2.11 bits per heavy atom. The molecule has 0 bridgehead atoms. The van der Waals surface area contributed by atoms with Crippen molar-refractivity contribution in [3.8, 4) is 0 Å². The zero-order valence-corrected chi connectivity index (χ0v) is 11.6. The molecule has 19 heavy (non-hydrogen) atoms. The maximum atomic E-state index is 12.0. The third-order valence-electron chi connectivity index (χ3n) is 3.29. The number of ether oxygens (including phenoxy) is 1. The van der Waals surface area contributed by atoms with Gasteiger partial charge < -0.3 is 10.1 Å². The molecule has 1 aliphatic heterocycles. The second kappa shape index (κ2) is 8.76. The summed E-state index contributed by atoms with van der Waals surface area (Å²) in [5, 5.41) is 3.42. The van der Waals surface area contributed by atoms with E-state index in [2.05, 4.69) is 21.9 Å². The van der Waals surface area contributed by atoms with Gasteiger partial charge in [0.2, 0.25) is 0 Å². The first-order chi connectivity index (χ1) is 9.01. The Bertz CT molecular complexity index is 230. The average molecular weight is 282 g/mol. The largest absolute Gasteiger partial charge is 0.411 e. The van der Waals surface area contributed by atoms with Crippen LogP contribution in [0.25, 0.3) is 0 Å². The summed E-state index contributed by atoms with van der Waals surface area (Å²) in [5.41, 5.74) is 0. The molecule has 0 spiro atoms. The van der Waals surface area contributed by atoms with Crippen LogP contribution in [0.15, 0.2) is 0 Å². The molecule has 3 nitrogen and oxygen atoms in total. The van der Waals surface area contributed by atoms with Gasteiger partial charge in [-0.2, -0.15) is 13.2 Å². The van der Waals surface area contributed by atoms with Crippen molar-refractivity contribution in [1.82, 2.24) is 10.2 Å². The Labute approximate surface area is 113 Å². The molecule has 0 aromatic carbocycles. The molecule has 0 saturated carbocycles. The van der Waals surface area contributed by atoms with E-state index in [9.17, 15) is 13.2 Å². The highest BCUT2D eigenvalue weighted by Gasteiger charge is 2.27. The third kappa shape index (κ3) is 8.44. The third-order valence-corrected chi connectivity index (χ3v) is 3.29. The highest BCUT2D eigenvalue weighted by molar-refractivity contribution is 4.77. The first-order valence-electron chi connectivity index (χ1n) is 7.11. The lowest BCUT2D eigenvalue weighted by Gasteiger charge is -2.25. The van der Waals surface area contributed by atoms with Crippen molar-refractivity contribution in [2.75, 3.05) is 39.4 Å². The summed E-state index contributed by atoms with van der Waals surface area (Å²) < 4.78 is 40.6. The molecule has 1 N–H and O–H groups in total. The molecule has 1 fully saturated rings. The molecule has 1 rings (SSSR count). The predicted molar refractivity (Wildman–Crippen MR) is 69.2 cm³/mol. The zero-order valence-electron chi connectivity index (χ0n) is 11.6. The molecule has 0 amide bonds. The molecule has 0 radical (unpaired) electrons. The predicted octanol–water partition coefficient (Wildman–Crippen LogP) is 2.42. The lowest BCUT2D eigenvalue weighted by Crippen LogP contribution is -2.40. The minimum atomic E-state index is -4.22. The van der Waals surface area contributed by atoms with Crippen LogP contribution in [0.5, 0.6) is 0 Å². The van der Waals surface area contributed by atoms with Gasteiger partial charge in [-0.05, 0) is 32.4 Å². The van der Waals surface area contributed by atoms with Crippen LogP contribution < -0.4 is 5.32 Å². The van der Waals surface area contributed by atoms with Crippen molar-refractivity contribution in [1.29, 1.82) is 0 Å². The van der Waals surface area contributed by atoms with Crippen molar-refractivity contribution in [3.05, 3.63) is 0 Å². The van der Waals surface area contributed by atoms with Crippen molar-refractivity contribution in [3.63, 3.8) is 0 Å². The van der Waals surface area contributed by atoms with Gasteiger partial charge in [-0.1, -0.05) is 13.3 Å². The maximum Gasteiger partial charge on any atom is 0.411 e. The fourth-order valence-corrected chi connectivity index (χ4v) is 2.28. The number of nitrogens with zero attached hydrogens (tertiary/aromatic N) is 1. The number of alkyl halides is 3. The molecule has 114 valence electrons. The molecule has 1 unspecified atom stereocenters. The van der Waals surface area contributed by atoms with Crippen LogP contribution in [0.1, 0.15) is 32.6 Å². The summed E-state index contributed by atoms with van der Waals surface area (Å²) >= 11 is 0. The summed E-state index contributed by atoms with van der Waals surface area (Å²) in [6.07, 6.45) is 0.300. The van der Waals surface area contributed by atoms with E-state index in [1.54, 1.807) is 0 Å². The summed E-state index contributed by atoms with van der Waals surface area (Å²) in [7, 11) is 0. The first kappa shape index (κ1) is 16.7. The SMILES string of the molecule is CCCCN(CCOCC(F)(F)F)CC1CCCN1. The van der Waals surface area contributed by atoms with Crippen molar-refractivity contribution in [2.24, 2.45) is 0 Å². The van der Waals surface area contributed by atoms with E-state index in [0.29, 0.717) is 12.6 Å². The molecule has 6 heteroatoms. The highest BCUT2D eigenvalue weighted by Crippen LogP contribution is 2.14. The monoisotopic (exact) mass is 282 g/mol. The number of halogens is 3. The fraction of sp³-hybridized carbons (Fsp3) is 1.00. The molecular formula is C13H25F3N2O. The molecule has 0 aromatic rings. The summed E-state index contributed by atoms with van der Waals surface area (Å²) in [6.45, 7) is 4.60. The van der Waals surface area contributed by atoms with Crippen LogP contribution in [0.4, 0.5) is 13.2 Å². The summed E-state index contributed by atoms with van der Waals surface area (Å²) in [6, 6.07) is 0.486. The Hall–Kier alpha value is -0.330. The number of hydrogen-bond acceptors (Lipinski definition) is 3. The zero-order chi connectivity index (χ0) is 14.1. The minimum Gasteiger partial charge on any atom is -0.371 e. The van der Waals surface area contributed by atoms with Gasteiger partial charge >= 0.3 is 6.18 Å². The van der Waals surface area contributed by atoms with E-state index in [-0.39, 0.29) is 6.61 Å². The quantitative estimate of drug-likeness (QED) is 0.657. The van der Waals surface area contributed by atoms with Gasteiger partial charge in [-0.25, -0.2) is 0 Å². The molecule has 1 aliphatic rings. The van der Waals surface area contributed by atoms with Gasteiger partial charge in [-0.15, -0.1) is 0 Å². The van der Waals surface area contributed by atoms with Crippen LogP contribution >= 0.6 is 0 Å². The smallest absolute Gasteiger partial charge is 0.371 e. The van der Waals surface area contributed by atoms with Gasteiger partial charge in [-0.3, -0.25) is 4.90 Å². The number of hydrogen-bond donors (Lipinski definition) is 1. The minimum absolute atomic E-state index is 0.149. The molecular weight excluding hydrogens is 257 g/mol. The van der Waals surface area contributed by atoms with Gasteiger partial charge in [0.15, 0.2) is 0 Å². The Balaban J connectivity index is 2.20. The topological polar surface area (TPSA) is 24.5 Å². The van der Waals surface area contributed by atoms with E-state index in [1.165, 1.54) is 6.42 Å². The highest BCUT2D eigenvalue weighted by atomic mass is 19.4. The second-order valence-electron chi connectivity index (χ2n) is 5.12. The van der Waals surface area contributed by atoms with Crippen molar-refractivity contribution in [2.45, 2.75) is 44.8 Å². The van der Waals surface area contributed by atoms with Crippen LogP contribution in [-0.4, -0.2) is 56.5 Å². The van der Waals surface area contributed by atoms with E-state index in [4.69, 9.17) is 0 Å². The van der Waals surface area contributed by atoms with E-state index in [0.717, 1.165) is 38.9 Å². The average Bonchev–Trinajstić information content (AvgIpc) is 2.82. The lowest BCUT2D eigenvalue weighted by atomic mass is 10.2. The molecule has 1 atom stereocenters. The fourth-order valence-electron chi connectivity index (χ4n) is 2.28. The standard InChI is InChI=1S/C13H25F3N2O/c1-2-3-7-18(10-12-5-4-6-17-12)8-9-19-11-13(14,15)16/h12,17H,2-11H2,1H3. The van der Waals surface area contributed by atoms with Crippen LogP contribution in [0.2, 0.25) is 0 Å². The molecule has 1 saturated heterocycles. The van der Waals surface area contributed by atoms with Crippen molar-refractivity contribution < 1.29 is 17.9 Å². The maximum absolute atomic E-state index is 12.0. The number of unbranched alkanes of at least 4 members (excludes halogenated alkanes) is 1. The Morgan fingerprint density at radius 1 is 1.32 bits per heavy atom. The van der Waals surface area contributed by atoms with Gasteiger partial charge in [0.25, 0.3) is 0 Å². The normalized spacial score (nSPS) is 20.4. The molecule has 1 heterocycles. The lowest BCUT2D eigenvalue weighted by molar-refractivity contribution is -0.174. The van der Waals surface area contributed by atoms with Crippen molar-refractivity contribution >= 4 is 0 Å². The van der Waals surface area contributed by atoms with Gasteiger partial charge in [0, 0.05) is 19.1 Å². The number of nitrogens with one attached hydrogen (secondary N) is 1. The number of rotatable bonds is 9. The Morgan fingerprint density at radius 3 is 2.68 bits per heavy atom. The van der Waals surface area contributed by atoms with Crippen LogP contribution in [0, 0.1) is 0 Å². The van der Waals surface area contributed by atoms with Gasteiger partial charge in [0.05, 0.1) is 6.61 Å². The van der Waals surface area contributed by atoms with E-state index < -0.39 is 12.8 Å². The Kier molecular flexibility index (Phi) is 7.71. The van der Waals surface area contributed by atoms with Gasteiger partial charge in [0.1, 0.15) is 6.61 Å². The first-order valence-corrected chi connectivity index (χ1v) is 7.11. The molecule has 0 aromatic heterocycles. The van der Waals surface area contributed by atoms with E-state index >= 15 is 0 Å².